The number of furan rings is 1. The van der Waals surface area contributed by atoms with Crippen LogP contribution in [0.2, 0.25) is 0 Å². The van der Waals surface area contributed by atoms with Crippen molar-refractivity contribution >= 4 is 32.4 Å². The molecule has 1 unspecified atom stereocenters. The lowest BCUT2D eigenvalue weighted by atomic mass is 10.1. The minimum Gasteiger partial charge on any atom is -0.486 e. The number of sulfone groups is 1. The van der Waals surface area contributed by atoms with Crippen LogP contribution in [0.5, 0.6) is 0 Å². The minimum absolute atomic E-state index is 0.0272. The maximum atomic E-state index is 13.5. The first-order valence-electron chi connectivity index (χ1n) is 9.12. The van der Waals surface area contributed by atoms with Crippen LogP contribution in [0.4, 0.5) is 0 Å². The van der Waals surface area contributed by atoms with E-state index in [2.05, 4.69) is 0 Å². The van der Waals surface area contributed by atoms with E-state index in [0.29, 0.717) is 24.5 Å². The quantitative estimate of drug-likeness (QED) is 0.742. The summed E-state index contributed by atoms with van der Waals surface area (Å²) >= 11 is 1.59. The predicted octanol–water partition coefficient (Wildman–Crippen LogP) is 2.93. The van der Waals surface area contributed by atoms with Crippen LogP contribution in [0.3, 0.4) is 0 Å². The van der Waals surface area contributed by atoms with E-state index >= 15 is 0 Å². The van der Waals surface area contributed by atoms with Crippen LogP contribution in [0, 0.1) is 0 Å². The lowest BCUT2D eigenvalue weighted by molar-refractivity contribution is -0.133. The Bertz CT molecular complexity index is 967. The zero-order valence-corrected chi connectivity index (χ0v) is 16.9. The molecule has 148 valence electrons. The van der Waals surface area contributed by atoms with Gasteiger partial charge in [-0.25, -0.2) is 8.42 Å². The second-order valence-electron chi connectivity index (χ2n) is 6.79. The SMILES string of the molecule is O=C(C1=C(c2ccccc2)SCCO1)N(Cc1ccco1)C1CCS(=O)(=O)C1. The maximum absolute atomic E-state index is 13.5. The number of ether oxygens (including phenoxy) is 1. The fourth-order valence-corrected chi connectivity index (χ4v) is 6.15. The van der Waals surface area contributed by atoms with Crippen molar-refractivity contribution in [2.45, 2.75) is 19.0 Å². The first-order valence-corrected chi connectivity index (χ1v) is 11.9. The Balaban J connectivity index is 1.70. The molecule has 0 radical (unpaired) electrons. The van der Waals surface area contributed by atoms with E-state index in [4.69, 9.17) is 9.15 Å². The summed E-state index contributed by atoms with van der Waals surface area (Å²) in [5.41, 5.74) is 0.924. The van der Waals surface area contributed by atoms with Gasteiger partial charge in [-0.3, -0.25) is 4.79 Å². The number of carbonyl (C=O) groups is 1. The second-order valence-corrected chi connectivity index (χ2v) is 10.1. The van der Waals surface area contributed by atoms with Crippen LogP contribution < -0.4 is 0 Å². The standard InChI is InChI=1S/C20H21NO5S2/c22-20(18-19(27-11-10-26-18)15-5-2-1-3-6-15)21(13-17-7-4-9-25-17)16-8-12-28(23,24)14-16/h1-7,9,16H,8,10-14H2. The molecule has 4 rings (SSSR count). The van der Waals surface area contributed by atoms with Gasteiger partial charge in [-0.1, -0.05) is 30.3 Å². The number of benzene rings is 1. The number of hydrogen-bond acceptors (Lipinski definition) is 6. The van der Waals surface area contributed by atoms with E-state index < -0.39 is 9.84 Å². The fourth-order valence-electron chi connectivity index (χ4n) is 3.47. The van der Waals surface area contributed by atoms with Gasteiger partial charge in [-0.15, -0.1) is 11.8 Å². The highest BCUT2D eigenvalue weighted by Crippen LogP contribution is 2.36. The molecule has 28 heavy (non-hydrogen) atoms. The highest BCUT2D eigenvalue weighted by atomic mass is 32.2. The van der Waals surface area contributed by atoms with Gasteiger partial charge in [0.2, 0.25) is 0 Å². The normalized spacial score (nSPS) is 21.4. The van der Waals surface area contributed by atoms with Gasteiger partial charge in [-0.2, -0.15) is 0 Å². The molecule has 0 bridgehead atoms. The van der Waals surface area contributed by atoms with Crippen molar-refractivity contribution < 1.29 is 22.4 Å². The van der Waals surface area contributed by atoms with Crippen LogP contribution >= 0.6 is 11.8 Å². The Morgan fingerprint density at radius 2 is 2.00 bits per heavy atom. The van der Waals surface area contributed by atoms with Crippen molar-refractivity contribution in [2.75, 3.05) is 23.9 Å². The molecular formula is C20H21NO5S2. The van der Waals surface area contributed by atoms with Gasteiger partial charge in [0.05, 0.1) is 35.8 Å². The fraction of sp³-hybridized carbons (Fsp3) is 0.350. The van der Waals surface area contributed by atoms with Crippen LogP contribution in [0.15, 0.2) is 58.9 Å². The first-order chi connectivity index (χ1) is 13.5. The third-order valence-electron chi connectivity index (χ3n) is 4.83. The van der Waals surface area contributed by atoms with Gasteiger partial charge in [0, 0.05) is 11.8 Å². The molecule has 2 aliphatic heterocycles. The summed E-state index contributed by atoms with van der Waals surface area (Å²) in [5, 5.41) is 0. The Kier molecular flexibility index (Phi) is 5.50. The van der Waals surface area contributed by atoms with E-state index in [1.165, 1.54) is 0 Å². The van der Waals surface area contributed by atoms with Crippen molar-refractivity contribution in [1.82, 2.24) is 4.90 Å². The summed E-state index contributed by atoms with van der Waals surface area (Å²) < 4.78 is 35.3. The molecule has 1 aromatic carbocycles. The largest absolute Gasteiger partial charge is 0.486 e. The molecule has 0 saturated carbocycles. The van der Waals surface area contributed by atoms with Crippen molar-refractivity contribution in [2.24, 2.45) is 0 Å². The molecule has 8 heteroatoms. The lowest BCUT2D eigenvalue weighted by Crippen LogP contribution is -2.42. The topological polar surface area (TPSA) is 76.8 Å². The molecule has 1 saturated heterocycles. The van der Waals surface area contributed by atoms with Crippen LogP contribution in [-0.4, -0.2) is 49.1 Å². The van der Waals surface area contributed by atoms with E-state index in [1.54, 1.807) is 35.1 Å². The number of thioether (sulfide) groups is 1. The smallest absolute Gasteiger partial charge is 0.290 e. The average molecular weight is 420 g/mol. The predicted molar refractivity (Wildman–Crippen MR) is 108 cm³/mol. The molecule has 2 aliphatic rings. The van der Waals surface area contributed by atoms with Gasteiger partial charge in [0.25, 0.3) is 5.91 Å². The number of hydrogen-bond donors (Lipinski definition) is 0. The van der Waals surface area contributed by atoms with Crippen LogP contribution in [0.1, 0.15) is 17.7 Å². The van der Waals surface area contributed by atoms with Gasteiger partial charge in [-0.05, 0) is 24.1 Å². The van der Waals surface area contributed by atoms with Gasteiger partial charge >= 0.3 is 0 Å². The van der Waals surface area contributed by atoms with Gasteiger partial charge in [0.1, 0.15) is 5.76 Å². The summed E-state index contributed by atoms with van der Waals surface area (Å²) in [6.07, 6.45) is 1.97. The van der Waals surface area contributed by atoms with Crippen LogP contribution in [0.25, 0.3) is 4.91 Å². The third kappa shape index (κ3) is 4.12. The zero-order chi connectivity index (χ0) is 19.6. The van der Waals surface area contributed by atoms with Gasteiger partial charge < -0.3 is 14.1 Å². The molecule has 0 spiro atoms. The van der Waals surface area contributed by atoms with Crippen molar-refractivity contribution in [3.63, 3.8) is 0 Å². The van der Waals surface area contributed by atoms with Crippen LogP contribution in [-0.2, 0) is 25.9 Å². The summed E-state index contributed by atoms with van der Waals surface area (Å²) in [6.45, 7) is 0.658. The van der Waals surface area contributed by atoms with Crippen molar-refractivity contribution in [3.8, 4) is 0 Å². The summed E-state index contributed by atoms with van der Waals surface area (Å²) in [5.74, 6) is 1.45. The molecule has 1 atom stereocenters. The van der Waals surface area contributed by atoms with Crippen molar-refractivity contribution in [1.29, 1.82) is 0 Å². The van der Waals surface area contributed by atoms with E-state index in [-0.39, 0.29) is 30.0 Å². The summed E-state index contributed by atoms with van der Waals surface area (Å²) in [4.78, 5) is 15.9. The summed E-state index contributed by atoms with van der Waals surface area (Å²) in [7, 11) is -3.14. The number of carbonyl (C=O) groups excluding carboxylic acids is 1. The molecule has 1 amide bonds. The lowest BCUT2D eigenvalue weighted by Gasteiger charge is -2.30. The molecule has 1 fully saturated rings. The molecule has 0 aliphatic carbocycles. The zero-order valence-electron chi connectivity index (χ0n) is 15.2. The number of amides is 1. The molecule has 6 nitrogen and oxygen atoms in total. The monoisotopic (exact) mass is 419 g/mol. The highest BCUT2D eigenvalue weighted by Gasteiger charge is 2.38. The minimum atomic E-state index is -3.14. The molecule has 2 aromatic rings. The Labute approximate surface area is 168 Å². The Hall–Kier alpha value is -2.19. The summed E-state index contributed by atoms with van der Waals surface area (Å²) in [6, 6.07) is 12.8. The highest BCUT2D eigenvalue weighted by molar-refractivity contribution is 8.08. The second kappa shape index (κ2) is 8.05. The Morgan fingerprint density at radius 1 is 1.18 bits per heavy atom. The third-order valence-corrected chi connectivity index (χ3v) is 7.66. The van der Waals surface area contributed by atoms with E-state index in [1.807, 2.05) is 30.3 Å². The number of rotatable bonds is 5. The van der Waals surface area contributed by atoms with E-state index in [0.717, 1.165) is 16.2 Å². The molecule has 1 aromatic heterocycles. The average Bonchev–Trinajstić information content (AvgIpc) is 3.35. The first kappa shape index (κ1) is 19.1. The molecular weight excluding hydrogens is 398 g/mol. The van der Waals surface area contributed by atoms with E-state index in [9.17, 15) is 13.2 Å². The van der Waals surface area contributed by atoms with Gasteiger partial charge in [0.15, 0.2) is 15.6 Å². The Morgan fingerprint density at radius 3 is 2.68 bits per heavy atom. The maximum Gasteiger partial charge on any atom is 0.290 e. The number of nitrogens with zero attached hydrogens (tertiary/aromatic N) is 1. The molecule has 0 N–H and O–H groups in total. The van der Waals surface area contributed by atoms with Crippen molar-refractivity contribution in [3.05, 3.63) is 65.8 Å². The molecule has 3 heterocycles.